The van der Waals surface area contributed by atoms with Gasteiger partial charge in [0.1, 0.15) is 0 Å². The minimum Gasteiger partial charge on any atom is -0.399 e. The minimum atomic E-state index is -1.02. The molecular formula is C14H20N2O3S. The maximum Gasteiger partial charge on any atom is 0.225 e. The fraction of sp³-hybridized carbons (Fsp3) is 0.500. The topological polar surface area (TPSA) is 81.4 Å². The Morgan fingerprint density at radius 1 is 1.55 bits per heavy atom. The summed E-state index contributed by atoms with van der Waals surface area (Å²) in [7, 11) is -1.02. The fourth-order valence-corrected chi connectivity index (χ4v) is 3.80. The zero-order valence-electron chi connectivity index (χ0n) is 11.5. The normalized spacial score (nSPS) is 23.4. The first-order valence-electron chi connectivity index (χ1n) is 6.70. The molecule has 3 atom stereocenters. The summed E-state index contributed by atoms with van der Waals surface area (Å²) in [5, 5.41) is 2.81. The van der Waals surface area contributed by atoms with Crippen LogP contribution >= 0.6 is 0 Å². The zero-order valence-corrected chi connectivity index (χ0v) is 12.3. The Hall–Kier alpha value is -1.40. The van der Waals surface area contributed by atoms with E-state index in [9.17, 15) is 9.00 Å². The molecule has 0 bridgehead atoms. The van der Waals surface area contributed by atoms with E-state index in [1.165, 1.54) is 0 Å². The Morgan fingerprint density at radius 3 is 3.00 bits per heavy atom. The number of ether oxygens (including phenoxy) is 1. The second kappa shape index (κ2) is 6.85. The second-order valence-electron chi connectivity index (χ2n) is 4.91. The minimum absolute atomic E-state index is 0.0211. The summed E-state index contributed by atoms with van der Waals surface area (Å²) in [6.45, 7) is 2.59. The van der Waals surface area contributed by atoms with Crippen molar-refractivity contribution in [2.24, 2.45) is 0 Å². The summed E-state index contributed by atoms with van der Waals surface area (Å²) >= 11 is 0. The Balaban J connectivity index is 1.79. The lowest BCUT2D eigenvalue weighted by atomic mass is 10.2. The van der Waals surface area contributed by atoms with Crippen molar-refractivity contribution in [3.8, 4) is 0 Å². The molecule has 1 aliphatic heterocycles. The van der Waals surface area contributed by atoms with Crippen LogP contribution in [-0.2, 0) is 20.3 Å². The predicted molar refractivity (Wildman–Crippen MR) is 80.9 cm³/mol. The van der Waals surface area contributed by atoms with Crippen LogP contribution in [0.5, 0.6) is 0 Å². The Labute approximate surface area is 121 Å². The van der Waals surface area contributed by atoms with Crippen molar-refractivity contribution in [1.29, 1.82) is 0 Å². The molecule has 0 saturated carbocycles. The molecule has 20 heavy (non-hydrogen) atoms. The van der Waals surface area contributed by atoms with Gasteiger partial charge in [0, 0.05) is 41.0 Å². The van der Waals surface area contributed by atoms with Crippen LogP contribution in [-0.4, -0.2) is 33.8 Å². The summed E-state index contributed by atoms with van der Waals surface area (Å²) in [4.78, 5) is 11.8. The molecule has 1 aromatic carbocycles. The average molecular weight is 296 g/mol. The van der Waals surface area contributed by atoms with Gasteiger partial charge in [-0.2, -0.15) is 0 Å². The summed E-state index contributed by atoms with van der Waals surface area (Å²) in [6.07, 6.45) is 1.07. The first-order chi connectivity index (χ1) is 9.56. The van der Waals surface area contributed by atoms with Crippen LogP contribution in [0, 0.1) is 0 Å². The van der Waals surface area contributed by atoms with Gasteiger partial charge in [-0.3, -0.25) is 9.00 Å². The van der Waals surface area contributed by atoms with E-state index in [0.29, 0.717) is 23.7 Å². The second-order valence-corrected chi connectivity index (χ2v) is 6.69. The van der Waals surface area contributed by atoms with Crippen LogP contribution in [0.2, 0.25) is 0 Å². The van der Waals surface area contributed by atoms with Gasteiger partial charge in [0.2, 0.25) is 5.91 Å². The van der Waals surface area contributed by atoms with Gasteiger partial charge in [0.15, 0.2) is 0 Å². The van der Waals surface area contributed by atoms with Gasteiger partial charge in [0.05, 0.1) is 11.4 Å². The van der Waals surface area contributed by atoms with Crippen molar-refractivity contribution >= 4 is 28.1 Å². The van der Waals surface area contributed by atoms with E-state index < -0.39 is 10.8 Å². The Bertz CT molecular complexity index is 507. The third-order valence-electron chi connectivity index (χ3n) is 3.35. The molecule has 3 N–H and O–H groups in total. The van der Waals surface area contributed by atoms with Gasteiger partial charge < -0.3 is 15.8 Å². The number of carbonyl (C=O) groups is 1. The molecule has 1 saturated heterocycles. The van der Waals surface area contributed by atoms with Gasteiger partial charge in [-0.15, -0.1) is 0 Å². The predicted octanol–water partition coefficient (Wildman–Crippen LogP) is 1.52. The highest BCUT2D eigenvalue weighted by molar-refractivity contribution is 7.85. The number of nitrogens with one attached hydrogen (secondary N) is 1. The molecule has 1 aromatic rings. The number of nitrogen functional groups attached to an aromatic ring is 1. The van der Waals surface area contributed by atoms with Crippen molar-refractivity contribution in [3.05, 3.63) is 24.3 Å². The smallest absolute Gasteiger partial charge is 0.225 e. The third-order valence-corrected chi connectivity index (χ3v) is 5.25. The SMILES string of the molecule is CC1OCCC1S(=O)CCC(=O)Nc1cccc(N)c1. The number of benzene rings is 1. The number of anilines is 2. The highest BCUT2D eigenvalue weighted by Crippen LogP contribution is 2.19. The molecule has 2 rings (SSSR count). The van der Waals surface area contributed by atoms with Crippen LogP contribution in [0.3, 0.4) is 0 Å². The Kier molecular flexibility index (Phi) is 5.14. The monoisotopic (exact) mass is 296 g/mol. The molecule has 0 radical (unpaired) electrons. The molecule has 0 aromatic heterocycles. The molecule has 3 unspecified atom stereocenters. The molecular weight excluding hydrogens is 276 g/mol. The fourth-order valence-electron chi connectivity index (χ4n) is 2.24. The van der Waals surface area contributed by atoms with Crippen molar-refractivity contribution < 1.29 is 13.7 Å². The number of rotatable bonds is 5. The largest absolute Gasteiger partial charge is 0.399 e. The van der Waals surface area contributed by atoms with E-state index >= 15 is 0 Å². The summed E-state index contributed by atoms with van der Waals surface area (Å²) in [5.74, 6) is 0.225. The van der Waals surface area contributed by atoms with Gasteiger partial charge in [-0.1, -0.05) is 6.07 Å². The van der Waals surface area contributed by atoms with Crippen LogP contribution in [0.25, 0.3) is 0 Å². The molecule has 5 nitrogen and oxygen atoms in total. The zero-order chi connectivity index (χ0) is 14.5. The molecule has 110 valence electrons. The molecule has 1 amide bonds. The molecule has 1 aliphatic rings. The van der Waals surface area contributed by atoms with E-state index in [-0.39, 0.29) is 23.7 Å². The lowest BCUT2D eigenvalue weighted by Gasteiger charge is -2.13. The first-order valence-corrected chi connectivity index (χ1v) is 8.08. The quantitative estimate of drug-likeness (QED) is 0.807. The van der Waals surface area contributed by atoms with Crippen molar-refractivity contribution in [1.82, 2.24) is 0 Å². The van der Waals surface area contributed by atoms with Gasteiger partial charge in [-0.05, 0) is 31.5 Å². The van der Waals surface area contributed by atoms with Crippen molar-refractivity contribution in [2.75, 3.05) is 23.4 Å². The lowest BCUT2D eigenvalue weighted by Crippen LogP contribution is -2.26. The average Bonchev–Trinajstić information content (AvgIpc) is 2.82. The number of carbonyl (C=O) groups excluding carboxylic acids is 1. The van der Waals surface area contributed by atoms with Crippen LogP contribution < -0.4 is 11.1 Å². The van der Waals surface area contributed by atoms with E-state index in [1.54, 1.807) is 24.3 Å². The number of hydrogen-bond acceptors (Lipinski definition) is 4. The van der Waals surface area contributed by atoms with Crippen LogP contribution in [0.4, 0.5) is 11.4 Å². The van der Waals surface area contributed by atoms with Gasteiger partial charge in [-0.25, -0.2) is 0 Å². The molecule has 1 fully saturated rings. The lowest BCUT2D eigenvalue weighted by molar-refractivity contribution is -0.115. The highest BCUT2D eigenvalue weighted by Gasteiger charge is 2.29. The van der Waals surface area contributed by atoms with Gasteiger partial charge in [0.25, 0.3) is 0 Å². The Morgan fingerprint density at radius 2 is 2.35 bits per heavy atom. The molecule has 0 spiro atoms. The molecule has 6 heteroatoms. The van der Waals surface area contributed by atoms with Crippen LogP contribution in [0.1, 0.15) is 19.8 Å². The number of nitrogens with two attached hydrogens (primary N) is 1. The van der Waals surface area contributed by atoms with E-state index in [2.05, 4.69) is 5.32 Å². The number of hydrogen-bond donors (Lipinski definition) is 2. The summed E-state index contributed by atoms with van der Waals surface area (Å²) < 4.78 is 17.5. The summed E-state index contributed by atoms with van der Waals surface area (Å²) in [6, 6.07) is 7.01. The van der Waals surface area contributed by atoms with Gasteiger partial charge >= 0.3 is 0 Å². The van der Waals surface area contributed by atoms with E-state index in [0.717, 1.165) is 6.42 Å². The highest BCUT2D eigenvalue weighted by atomic mass is 32.2. The maximum atomic E-state index is 12.1. The summed E-state index contributed by atoms with van der Waals surface area (Å²) in [5.41, 5.74) is 6.91. The molecule has 0 aliphatic carbocycles. The van der Waals surface area contributed by atoms with Crippen LogP contribution in [0.15, 0.2) is 24.3 Å². The van der Waals surface area contributed by atoms with E-state index in [1.807, 2.05) is 6.92 Å². The number of amides is 1. The van der Waals surface area contributed by atoms with E-state index in [4.69, 9.17) is 10.5 Å². The third kappa shape index (κ3) is 4.05. The first kappa shape index (κ1) is 15.0. The standard InChI is InChI=1S/C14H20N2O3S/c1-10-13(5-7-19-10)20(18)8-6-14(17)16-12-4-2-3-11(15)9-12/h2-4,9-10,13H,5-8,15H2,1H3,(H,16,17). The van der Waals surface area contributed by atoms with Crippen molar-refractivity contribution in [2.45, 2.75) is 31.1 Å². The maximum absolute atomic E-state index is 12.1. The molecule has 1 heterocycles. The van der Waals surface area contributed by atoms with Crippen molar-refractivity contribution in [3.63, 3.8) is 0 Å².